The topological polar surface area (TPSA) is 35.5 Å². The summed E-state index contributed by atoms with van der Waals surface area (Å²) in [6.45, 7) is -0.155. The molecule has 4 aromatic rings. The Morgan fingerprint density at radius 2 is 1.50 bits per heavy atom. The fraction of sp³-hybridized carbons (Fsp3) is 0.0455. The van der Waals surface area contributed by atoms with E-state index in [1.165, 1.54) is 0 Å². The van der Waals surface area contributed by atoms with Crippen LogP contribution in [0, 0.1) is 0 Å². The van der Waals surface area contributed by atoms with Crippen LogP contribution in [-0.4, -0.2) is 12.6 Å². The van der Waals surface area contributed by atoms with Crippen LogP contribution in [0.2, 0.25) is 0 Å². The minimum atomic E-state index is -0.450. The maximum Gasteiger partial charge on any atom is 0.349 e. The molecule has 4 rings (SSSR count). The van der Waals surface area contributed by atoms with Gasteiger partial charge in [0, 0.05) is 0 Å². The van der Waals surface area contributed by atoms with E-state index >= 15 is 0 Å². The summed E-state index contributed by atoms with van der Waals surface area (Å²) < 4.78 is 11.8. The molecule has 0 fully saturated rings. The number of ether oxygens (including phenoxy) is 2. The first kappa shape index (κ1) is 16.6. The molecule has 26 heavy (non-hydrogen) atoms. The molecular formula is C22H15BrO3. The van der Waals surface area contributed by atoms with Crippen LogP contribution < -0.4 is 9.47 Å². The number of hydrogen-bond acceptors (Lipinski definition) is 3. The summed E-state index contributed by atoms with van der Waals surface area (Å²) in [6, 6.07) is 25.3. The third kappa shape index (κ3) is 3.41. The van der Waals surface area contributed by atoms with E-state index in [1.807, 2.05) is 72.8 Å². The second-order valence-electron chi connectivity index (χ2n) is 5.87. The lowest BCUT2D eigenvalue weighted by molar-refractivity contribution is -0.136. The second kappa shape index (κ2) is 7.18. The van der Waals surface area contributed by atoms with E-state index < -0.39 is 5.97 Å². The molecule has 4 aromatic carbocycles. The number of esters is 1. The largest absolute Gasteiger partial charge is 0.482 e. The molecule has 0 atom stereocenters. The van der Waals surface area contributed by atoms with Crippen molar-refractivity contribution >= 4 is 43.4 Å². The van der Waals surface area contributed by atoms with Crippen LogP contribution in [0.5, 0.6) is 11.5 Å². The normalized spacial score (nSPS) is 10.8. The van der Waals surface area contributed by atoms with Crippen LogP contribution in [-0.2, 0) is 4.79 Å². The highest BCUT2D eigenvalue weighted by Gasteiger charge is 2.11. The second-order valence-corrected chi connectivity index (χ2v) is 6.66. The molecule has 0 bridgehead atoms. The van der Waals surface area contributed by atoms with Gasteiger partial charge in [-0.1, -0.05) is 60.7 Å². The summed E-state index contributed by atoms with van der Waals surface area (Å²) in [4.78, 5) is 12.2. The minimum Gasteiger partial charge on any atom is -0.482 e. The smallest absolute Gasteiger partial charge is 0.349 e. The van der Waals surface area contributed by atoms with Gasteiger partial charge in [0.15, 0.2) is 6.61 Å². The van der Waals surface area contributed by atoms with E-state index in [-0.39, 0.29) is 6.61 Å². The number of rotatable bonds is 4. The lowest BCUT2D eigenvalue weighted by Gasteiger charge is -2.10. The Morgan fingerprint density at radius 3 is 2.35 bits per heavy atom. The van der Waals surface area contributed by atoms with Crippen molar-refractivity contribution in [2.45, 2.75) is 0 Å². The van der Waals surface area contributed by atoms with Gasteiger partial charge in [0.05, 0.1) is 4.47 Å². The van der Waals surface area contributed by atoms with E-state index in [9.17, 15) is 4.79 Å². The molecule has 0 saturated heterocycles. The Morgan fingerprint density at radius 1 is 0.808 bits per heavy atom. The number of carbonyl (C=O) groups excluding carboxylic acids is 1. The Balaban J connectivity index is 1.46. The Bertz CT molecular complexity index is 1100. The monoisotopic (exact) mass is 406 g/mol. The number of carbonyl (C=O) groups is 1. The van der Waals surface area contributed by atoms with Crippen LogP contribution in [0.3, 0.4) is 0 Å². The molecule has 0 aliphatic rings. The molecule has 3 nitrogen and oxygen atoms in total. The van der Waals surface area contributed by atoms with E-state index in [0.717, 1.165) is 26.0 Å². The molecule has 128 valence electrons. The number of hydrogen-bond donors (Lipinski definition) is 0. The van der Waals surface area contributed by atoms with E-state index in [2.05, 4.69) is 15.9 Å². The maximum atomic E-state index is 12.2. The summed E-state index contributed by atoms with van der Waals surface area (Å²) in [5, 5.41) is 4.26. The van der Waals surface area contributed by atoms with Gasteiger partial charge < -0.3 is 9.47 Å². The molecule has 0 saturated carbocycles. The van der Waals surface area contributed by atoms with Gasteiger partial charge in [-0.2, -0.15) is 0 Å². The van der Waals surface area contributed by atoms with Crippen molar-refractivity contribution in [3.8, 4) is 11.5 Å². The average molecular weight is 407 g/mol. The fourth-order valence-electron chi connectivity index (χ4n) is 2.84. The molecule has 0 amide bonds. The SMILES string of the molecule is O=C(COc1ccc2ccccc2c1)Oc1ccc2ccccc2c1Br. The highest BCUT2D eigenvalue weighted by atomic mass is 79.9. The van der Waals surface area contributed by atoms with Crippen molar-refractivity contribution in [1.82, 2.24) is 0 Å². The van der Waals surface area contributed by atoms with Crippen molar-refractivity contribution in [2.75, 3.05) is 6.61 Å². The third-order valence-corrected chi connectivity index (χ3v) is 4.95. The van der Waals surface area contributed by atoms with Crippen LogP contribution in [0.4, 0.5) is 0 Å². The highest BCUT2D eigenvalue weighted by Crippen LogP contribution is 2.33. The van der Waals surface area contributed by atoms with Gasteiger partial charge in [0.2, 0.25) is 0 Å². The van der Waals surface area contributed by atoms with Crippen LogP contribution in [0.25, 0.3) is 21.5 Å². The molecule has 0 N–H and O–H groups in total. The quantitative estimate of drug-likeness (QED) is 0.320. The van der Waals surface area contributed by atoms with Crippen LogP contribution in [0.15, 0.2) is 83.3 Å². The average Bonchev–Trinajstić information content (AvgIpc) is 2.68. The fourth-order valence-corrected chi connectivity index (χ4v) is 3.42. The van der Waals surface area contributed by atoms with Gasteiger partial charge in [-0.05, 0) is 55.7 Å². The zero-order chi connectivity index (χ0) is 17.9. The lowest BCUT2D eigenvalue weighted by atomic mass is 10.1. The number of halogens is 1. The van der Waals surface area contributed by atoms with Gasteiger partial charge in [-0.15, -0.1) is 0 Å². The summed E-state index contributed by atoms with van der Waals surface area (Å²) in [5.74, 6) is 0.670. The van der Waals surface area contributed by atoms with Crippen LogP contribution >= 0.6 is 15.9 Å². The molecule has 4 heteroatoms. The van der Waals surface area contributed by atoms with Gasteiger partial charge in [0.1, 0.15) is 11.5 Å². The van der Waals surface area contributed by atoms with Crippen molar-refractivity contribution in [3.63, 3.8) is 0 Å². The van der Waals surface area contributed by atoms with Gasteiger partial charge in [-0.3, -0.25) is 0 Å². The molecule has 0 unspecified atom stereocenters. The zero-order valence-electron chi connectivity index (χ0n) is 13.8. The molecule has 0 aromatic heterocycles. The third-order valence-electron chi connectivity index (χ3n) is 4.13. The molecule has 0 spiro atoms. The maximum absolute atomic E-state index is 12.2. The van der Waals surface area contributed by atoms with Gasteiger partial charge in [-0.25, -0.2) is 4.79 Å². The molecular weight excluding hydrogens is 392 g/mol. The van der Waals surface area contributed by atoms with Crippen molar-refractivity contribution in [3.05, 3.63) is 83.3 Å². The van der Waals surface area contributed by atoms with E-state index in [0.29, 0.717) is 11.5 Å². The first-order valence-corrected chi connectivity index (χ1v) is 8.99. The first-order valence-electron chi connectivity index (χ1n) is 8.20. The van der Waals surface area contributed by atoms with Gasteiger partial charge >= 0.3 is 5.97 Å². The predicted molar refractivity (Wildman–Crippen MR) is 107 cm³/mol. The summed E-state index contributed by atoms with van der Waals surface area (Å²) >= 11 is 3.52. The number of fused-ring (bicyclic) bond motifs is 2. The Labute approximate surface area is 159 Å². The minimum absolute atomic E-state index is 0.155. The molecule has 0 aliphatic heterocycles. The standard InChI is InChI=1S/C22H15BrO3/c23-22-19-8-4-3-6-16(19)10-12-20(22)26-21(24)14-25-18-11-9-15-5-1-2-7-17(15)13-18/h1-13H,14H2. The lowest BCUT2D eigenvalue weighted by Crippen LogP contribution is -2.17. The summed E-state index contributed by atoms with van der Waals surface area (Å²) in [5.41, 5.74) is 0. The van der Waals surface area contributed by atoms with E-state index in [4.69, 9.17) is 9.47 Å². The Hall–Kier alpha value is -2.85. The van der Waals surface area contributed by atoms with Crippen molar-refractivity contribution < 1.29 is 14.3 Å². The molecule has 0 aliphatic carbocycles. The predicted octanol–water partition coefficient (Wildman–Crippen LogP) is 5.74. The highest BCUT2D eigenvalue weighted by molar-refractivity contribution is 9.10. The zero-order valence-corrected chi connectivity index (χ0v) is 15.4. The summed E-state index contributed by atoms with van der Waals surface area (Å²) in [6.07, 6.45) is 0. The van der Waals surface area contributed by atoms with Crippen molar-refractivity contribution in [2.24, 2.45) is 0 Å². The first-order chi connectivity index (χ1) is 12.7. The molecule has 0 heterocycles. The van der Waals surface area contributed by atoms with Gasteiger partial charge in [0.25, 0.3) is 0 Å². The van der Waals surface area contributed by atoms with E-state index in [1.54, 1.807) is 6.07 Å². The van der Waals surface area contributed by atoms with Crippen molar-refractivity contribution in [1.29, 1.82) is 0 Å². The summed E-state index contributed by atoms with van der Waals surface area (Å²) in [7, 11) is 0. The van der Waals surface area contributed by atoms with Crippen LogP contribution in [0.1, 0.15) is 0 Å². The Kier molecular flexibility index (Phi) is 4.59. The number of benzene rings is 4. The molecule has 0 radical (unpaired) electrons.